The van der Waals surface area contributed by atoms with Crippen molar-refractivity contribution in [2.24, 2.45) is 0 Å². The molecule has 0 N–H and O–H groups in total. The SMILES string of the molecule is CN(C)C1C=CC2=C(CCCCC2)C1=O. The highest BCUT2D eigenvalue weighted by molar-refractivity contribution is 6.03. The Balaban J connectivity index is 2.26. The number of ketones is 1. The Labute approximate surface area is 91.6 Å². The summed E-state index contributed by atoms with van der Waals surface area (Å²) in [6, 6.07) is -0.0261. The second-order valence-corrected chi connectivity index (χ2v) is 4.70. The van der Waals surface area contributed by atoms with Crippen molar-refractivity contribution < 1.29 is 4.79 Å². The quantitative estimate of drug-likeness (QED) is 0.654. The van der Waals surface area contributed by atoms with Gasteiger partial charge in [-0.2, -0.15) is 0 Å². The summed E-state index contributed by atoms with van der Waals surface area (Å²) >= 11 is 0. The topological polar surface area (TPSA) is 20.3 Å². The number of carbonyl (C=O) groups excluding carboxylic acids is 1. The molecule has 15 heavy (non-hydrogen) atoms. The zero-order chi connectivity index (χ0) is 10.8. The molecule has 0 saturated carbocycles. The Morgan fingerprint density at radius 2 is 1.93 bits per heavy atom. The summed E-state index contributed by atoms with van der Waals surface area (Å²) in [4.78, 5) is 14.2. The van der Waals surface area contributed by atoms with Crippen molar-refractivity contribution in [3.05, 3.63) is 23.3 Å². The molecule has 0 spiro atoms. The summed E-state index contributed by atoms with van der Waals surface area (Å²) in [5.74, 6) is 0.333. The Kier molecular flexibility index (Phi) is 3.06. The fraction of sp³-hybridized carbons (Fsp3) is 0.615. The standard InChI is InChI=1S/C13H19NO/c1-14(2)12-9-8-10-6-4-3-5-7-11(10)13(12)15/h8-9,12H,3-7H2,1-2H3. The molecule has 82 valence electrons. The predicted octanol–water partition coefficient (Wildman–Crippen LogP) is 2.32. The summed E-state index contributed by atoms with van der Waals surface area (Å²) in [5.41, 5.74) is 2.41. The Hall–Kier alpha value is -0.890. The first-order valence-corrected chi connectivity index (χ1v) is 5.81. The van der Waals surface area contributed by atoms with Gasteiger partial charge in [0.2, 0.25) is 0 Å². The fourth-order valence-corrected chi connectivity index (χ4v) is 2.45. The first-order valence-electron chi connectivity index (χ1n) is 5.81. The number of nitrogens with zero attached hydrogens (tertiary/aromatic N) is 1. The van der Waals surface area contributed by atoms with Crippen molar-refractivity contribution >= 4 is 5.78 Å². The van der Waals surface area contributed by atoms with Crippen molar-refractivity contribution in [2.45, 2.75) is 38.1 Å². The molecule has 0 aromatic heterocycles. The molecule has 0 bridgehead atoms. The molecule has 0 aromatic carbocycles. The average molecular weight is 205 g/mol. The molecule has 0 aromatic rings. The maximum absolute atomic E-state index is 12.2. The third kappa shape index (κ3) is 2.05. The molecule has 1 unspecified atom stereocenters. The number of rotatable bonds is 1. The highest BCUT2D eigenvalue weighted by Gasteiger charge is 2.27. The number of hydrogen-bond acceptors (Lipinski definition) is 2. The number of hydrogen-bond donors (Lipinski definition) is 0. The second kappa shape index (κ2) is 4.31. The molecule has 2 aliphatic carbocycles. The number of Topliss-reactive ketones (excluding diaryl/α,β-unsaturated/α-hetero) is 1. The van der Waals surface area contributed by atoms with Gasteiger partial charge in [0.05, 0.1) is 6.04 Å². The zero-order valence-corrected chi connectivity index (χ0v) is 9.62. The van der Waals surface area contributed by atoms with Gasteiger partial charge in [0.1, 0.15) is 0 Å². The average Bonchev–Trinajstić information content (AvgIpc) is 2.43. The number of likely N-dealkylation sites (N-methyl/N-ethyl adjacent to an activating group) is 1. The lowest BCUT2D eigenvalue weighted by atomic mass is 9.89. The van der Waals surface area contributed by atoms with E-state index in [0.717, 1.165) is 18.4 Å². The highest BCUT2D eigenvalue weighted by Crippen LogP contribution is 2.29. The first-order chi connectivity index (χ1) is 7.20. The number of allylic oxidation sites excluding steroid dienone is 2. The van der Waals surface area contributed by atoms with E-state index < -0.39 is 0 Å². The third-order valence-electron chi connectivity index (χ3n) is 3.36. The van der Waals surface area contributed by atoms with Gasteiger partial charge in [0.25, 0.3) is 0 Å². The van der Waals surface area contributed by atoms with Crippen LogP contribution in [0.4, 0.5) is 0 Å². The molecule has 2 nitrogen and oxygen atoms in total. The van der Waals surface area contributed by atoms with Gasteiger partial charge in [-0.1, -0.05) is 18.6 Å². The van der Waals surface area contributed by atoms with Gasteiger partial charge < -0.3 is 0 Å². The molecule has 0 fully saturated rings. The van der Waals surface area contributed by atoms with Crippen molar-refractivity contribution in [1.82, 2.24) is 4.90 Å². The summed E-state index contributed by atoms with van der Waals surface area (Å²) in [5, 5.41) is 0. The zero-order valence-electron chi connectivity index (χ0n) is 9.62. The van der Waals surface area contributed by atoms with Crippen LogP contribution in [-0.2, 0) is 4.79 Å². The van der Waals surface area contributed by atoms with Crippen LogP contribution in [0.25, 0.3) is 0 Å². The van der Waals surface area contributed by atoms with E-state index in [1.165, 1.54) is 24.8 Å². The van der Waals surface area contributed by atoms with E-state index in [0.29, 0.717) is 5.78 Å². The van der Waals surface area contributed by atoms with Crippen LogP contribution in [0.5, 0.6) is 0 Å². The minimum absolute atomic E-state index is 0.0261. The predicted molar refractivity (Wildman–Crippen MR) is 61.7 cm³/mol. The van der Waals surface area contributed by atoms with Crippen LogP contribution in [-0.4, -0.2) is 30.8 Å². The first kappa shape index (κ1) is 10.6. The summed E-state index contributed by atoms with van der Waals surface area (Å²) < 4.78 is 0. The largest absolute Gasteiger partial charge is 0.296 e. The van der Waals surface area contributed by atoms with Gasteiger partial charge in [0.15, 0.2) is 5.78 Å². The monoisotopic (exact) mass is 205 g/mol. The normalized spacial score (nSPS) is 26.9. The highest BCUT2D eigenvalue weighted by atomic mass is 16.1. The van der Waals surface area contributed by atoms with E-state index in [4.69, 9.17) is 0 Å². The molecule has 0 heterocycles. The fourth-order valence-electron chi connectivity index (χ4n) is 2.45. The molecule has 0 aliphatic heterocycles. The number of carbonyl (C=O) groups is 1. The van der Waals surface area contributed by atoms with Crippen LogP contribution < -0.4 is 0 Å². The van der Waals surface area contributed by atoms with Crippen molar-refractivity contribution in [2.75, 3.05) is 14.1 Å². The van der Waals surface area contributed by atoms with Gasteiger partial charge in [-0.3, -0.25) is 9.69 Å². The van der Waals surface area contributed by atoms with Gasteiger partial charge in [-0.15, -0.1) is 0 Å². The van der Waals surface area contributed by atoms with Crippen molar-refractivity contribution in [3.63, 3.8) is 0 Å². The van der Waals surface area contributed by atoms with Gasteiger partial charge in [-0.05, 0) is 45.4 Å². The van der Waals surface area contributed by atoms with E-state index in [-0.39, 0.29) is 6.04 Å². The minimum Gasteiger partial charge on any atom is -0.296 e. The smallest absolute Gasteiger partial charge is 0.180 e. The van der Waals surface area contributed by atoms with Crippen LogP contribution in [0.3, 0.4) is 0 Å². The molecule has 2 aliphatic rings. The van der Waals surface area contributed by atoms with E-state index in [9.17, 15) is 4.79 Å². The molecular formula is C13H19NO. The van der Waals surface area contributed by atoms with E-state index in [2.05, 4.69) is 6.08 Å². The molecule has 2 heteroatoms. The Morgan fingerprint density at radius 3 is 2.67 bits per heavy atom. The molecule has 0 radical (unpaired) electrons. The lowest BCUT2D eigenvalue weighted by Gasteiger charge is -2.25. The lowest BCUT2D eigenvalue weighted by Crippen LogP contribution is -2.36. The molecule has 2 rings (SSSR count). The summed E-state index contributed by atoms with van der Waals surface area (Å²) in [6.07, 6.45) is 9.99. The molecule has 0 amide bonds. The third-order valence-corrected chi connectivity index (χ3v) is 3.36. The Bertz CT molecular complexity index is 325. The van der Waals surface area contributed by atoms with E-state index in [1.807, 2.05) is 25.1 Å². The van der Waals surface area contributed by atoms with E-state index in [1.54, 1.807) is 0 Å². The van der Waals surface area contributed by atoms with Crippen LogP contribution in [0.2, 0.25) is 0 Å². The summed E-state index contributed by atoms with van der Waals surface area (Å²) in [7, 11) is 3.93. The van der Waals surface area contributed by atoms with Gasteiger partial charge in [-0.25, -0.2) is 0 Å². The van der Waals surface area contributed by atoms with E-state index >= 15 is 0 Å². The van der Waals surface area contributed by atoms with Crippen molar-refractivity contribution in [3.8, 4) is 0 Å². The Morgan fingerprint density at radius 1 is 1.20 bits per heavy atom. The maximum atomic E-state index is 12.2. The second-order valence-electron chi connectivity index (χ2n) is 4.70. The van der Waals surface area contributed by atoms with Gasteiger partial charge >= 0.3 is 0 Å². The minimum atomic E-state index is -0.0261. The lowest BCUT2D eigenvalue weighted by molar-refractivity contribution is -0.118. The summed E-state index contributed by atoms with van der Waals surface area (Å²) in [6.45, 7) is 0. The van der Waals surface area contributed by atoms with Crippen LogP contribution in [0.15, 0.2) is 23.3 Å². The molecule has 0 saturated heterocycles. The van der Waals surface area contributed by atoms with Crippen LogP contribution in [0.1, 0.15) is 32.1 Å². The van der Waals surface area contributed by atoms with Crippen LogP contribution in [0, 0.1) is 0 Å². The molecular weight excluding hydrogens is 186 g/mol. The van der Waals surface area contributed by atoms with Crippen LogP contribution >= 0.6 is 0 Å². The van der Waals surface area contributed by atoms with Gasteiger partial charge in [0, 0.05) is 5.57 Å². The van der Waals surface area contributed by atoms with Crippen molar-refractivity contribution in [1.29, 1.82) is 0 Å². The molecule has 1 atom stereocenters. The maximum Gasteiger partial charge on any atom is 0.180 e.